The fourth-order valence-corrected chi connectivity index (χ4v) is 2.74. The van der Waals surface area contributed by atoms with Crippen molar-refractivity contribution >= 4 is 6.08 Å². The summed E-state index contributed by atoms with van der Waals surface area (Å²) in [4.78, 5) is 0. The van der Waals surface area contributed by atoms with Crippen LogP contribution in [-0.2, 0) is 4.74 Å². The van der Waals surface area contributed by atoms with Crippen LogP contribution in [0.2, 0.25) is 0 Å². The Morgan fingerprint density at radius 2 is 1.44 bits per heavy atom. The zero-order chi connectivity index (χ0) is 17.6. The molecule has 0 aromatic heterocycles. The van der Waals surface area contributed by atoms with Crippen LogP contribution < -0.4 is 5.73 Å². The molecule has 2 aromatic rings. The summed E-state index contributed by atoms with van der Waals surface area (Å²) < 4.78 is 5.57. The molecule has 0 amide bonds. The molecule has 4 nitrogen and oxygen atoms in total. The Bertz CT molecular complexity index is 942. The predicted octanol–water partition coefficient (Wildman–Crippen LogP) is 3.99. The van der Waals surface area contributed by atoms with Gasteiger partial charge in [-0.3, -0.25) is 0 Å². The first-order valence-electron chi connectivity index (χ1n) is 7.74. The Labute approximate surface area is 146 Å². The number of ether oxygens (including phenoxy) is 1. The van der Waals surface area contributed by atoms with Gasteiger partial charge in [0.15, 0.2) is 0 Å². The summed E-state index contributed by atoms with van der Waals surface area (Å²) in [5.41, 5.74) is 8.36. The zero-order valence-electron chi connectivity index (χ0n) is 13.4. The number of hydrogen-bond donors (Lipinski definition) is 1. The number of benzene rings is 2. The number of allylic oxidation sites excluding steroid dienone is 3. The van der Waals surface area contributed by atoms with E-state index in [2.05, 4.69) is 12.1 Å². The molecule has 0 saturated heterocycles. The van der Waals surface area contributed by atoms with E-state index >= 15 is 0 Å². The quantitative estimate of drug-likeness (QED) is 0.925. The van der Waals surface area contributed by atoms with E-state index < -0.39 is 5.92 Å². The maximum Gasteiger partial charge on any atom is 0.205 e. The average Bonchev–Trinajstić information content (AvgIpc) is 2.67. The third kappa shape index (κ3) is 3.29. The normalized spacial score (nSPS) is 17.1. The van der Waals surface area contributed by atoms with Crippen LogP contribution in [0.4, 0.5) is 0 Å². The van der Waals surface area contributed by atoms with E-state index in [0.717, 1.165) is 11.1 Å². The van der Waals surface area contributed by atoms with Crippen LogP contribution in [0.15, 0.2) is 89.5 Å². The van der Waals surface area contributed by atoms with E-state index in [1.54, 1.807) is 6.08 Å². The molecular weight excluding hydrogens is 310 g/mol. The highest BCUT2D eigenvalue weighted by molar-refractivity contribution is 5.59. The Morgan fingerprint density at radius 1 is 0.840 bits per heavy atom. The molecule has 0 fully saturated rings. The van der Waals surface area contributed by atoms with E-state index in [1.807, 2.05) is 66.7 Å². The molecule has 120 valence electrons. The summed E-state index contributed by atoms with van der Waals surface area (Å²) >= 11 is 0. The highest BCUT2D eigenvalue weighted by atomic mass is 16.5. The summed E-state index contributed by atoms with van der Waals surface area (Å²) in [6.45, 7) is 0. The molecule has 2 aromatic carbocycles. The number of nitrogens with two attached hydrogens (primary N) is 1. The van der Waals surface area contributed by atoms with Crippen molar-refractivity contribution in [3.8, 4) is 12.1 Å². The van der Waals surface area contributed by atoms with Gasteiger partial charge in [0.1, 0.15) is 17.4 Å². The van der Waals surface area contributed by atoms with Crippen LogP contribution in [0, 0.1) is 22.7 Å². The second-order valence-corrected chi connectivity index (χ2v) is 5.47. The van der Waals surface area contributed by atoms with Crippen molar-refractivity contribution in [2.75, 3.05) is 0 Å². The summed E-state index contributed by atoms with van der Waals surface area (Å²) in [5, 5.41) is 19.2. The highest BCUT2D eigenvalue weighted by Gasteiger charge is 2.32. The largest absolute Gasteiger partial charge is 0.439 e. The fourth-order valence-electron chi connectivity index (χ4n) is 2.74. The third-order valence-electron chi connectivity index (χ3n) is 3.93. The second-order valence-electron chi connectivity index (χ2n) is 5.47. The van der Waals surface area contributed by atoms with Crippen molar-refractivity contribution in [3.05, 3.63) is 101 Å². The first-order chi connectivity index (χ1) is 12.2. The summed E-state index contributed by atoms with van der Waals surface area (Å²) in [7, 11) is 0. The average molecular weight is 325 g/mol. The topological polar surface area (TPSA) is 82.8 Å². The van der Waals surface area contributed by atoms with Crippen LogP contribution in [0.5, 0.6) is 0 Å². The van der Waals surface area contributed by atoms with Crippen LogP contribution in [0.25, 0.3) is 6.08 Å². The maximum absolute atomic E-state index is 9.70. The summed E-state index contributed by atoms with van der Waals surface area (Å²) in [5.74, 6) is -0.139. The summed E-state index contributed by atoms with van der Waals surface area (Å²) in [6, 6.07) is 23.3. The van der Waals surface area contributed by atoms with Crippen molar-refractivity contribution in [2.24, 2.45) is 5.73 Å². The first kappa shape index (κ1) is 16.1. The summed E-state index contributed by atoms with van der Waals surface area (Å²) in [6.07, 6.45) is 3.56. The number of rotatable bonds is 3. The van der Waals surface area contributed by atoms with E-state index in [4.69, 9.17) is 10.5 Å². The van der Waals surface area contributed by atoms with Crippen LogP contribution in [-0.4, -0.2) is 0 Å². The third-order valence-corrected chi connectivity index (χ3v) is 3.93. The van der Waals surface area contributed by atoms with Gasteiger partial charge in [-0.15, -0.1) is 0 Å². The Hall–Kier alpha value is -3.76. The number of nitrogens with zero attached hydrogens (tertiary/aromatic N) is 2. The van der Waals surface area contributed by atoms with Gasteiger partial charge >= 0.3 is 0 Å². The van der Waals surface area contributed by atoms with Gasteiger partial charge in [0.2, 0.25) is 5.88 Å². The van der Waals surface area contributed by atoms with Crippen molar-refractivity contribution in [1.82, 2.24) is 0 Å². The molecule has 4 heteroatoms. The maximum atomic E-state index is 9.70. The standard InChI is InChI=1S/C21H15N3O/c22-13-17-19(12-11-15-7-3-1-4-8-15)25-21(24)18(14-23)20(17)16-9-5-2-6-10-16/h1-12,20H,24H2/b12-11+/t20-/m1/s1. The second kappa shape index (κ2) is 7.21. The molecule has 25 heavy (non-hydrogen) atoms. The minimum atomic E-state index is -0.527. The monoisotopic (exact) mass is 325 g/mol. The highest BCUT2D eigenvalue weighted by Crippen LogP contribution is 2.39. The van der Waals surface area contributed by atoms with E-state index in [0.29, 0.717) is 11.3 Å². The number of hydrogen-bond acceptors (Lipinski definition) is 4. The lowest BCUT2D eigenvalue weighted by molar-refractivity contribution is 0.296. The minimum Gasteiger partial charge on any atom is -0.439 e. The molecule has 0 spiro atoms. The van der Waals surface area contributed by atoms with E-state index in [-0.39, 0.29) is 11.5 Å². The number of nitriles is 2. The minimum absolute atomic E-state index is 0.0306. The van der Waals surface area contributed by atoms with Gasteiger partial charge in [0.25, 0.3) is 0 Å². The van der Waals surface area contributed by atoms with Gasteiger partial charge in [-0.1, -0.05) is 66.7 Å². The molecule has 3 rings (SSSR count). The van der Waals surface area contributed by atoms with E-state index in [9.17, 15) is 10.5 Å². The molecule has 0 radical (unpaired) electrons. The van der Waals surface area contributed by atoms with Crippen LogP contribution in [0.1, 0.15) is 17.0 Å². The lowest BCUT2D eigenvalue weighted by atomic mass is 9.83. The van der Waals surface area contributed by atoms with Gasteiger partial charge in [0, 0.05) is 0 Å². The van der Waals surface area contributed by atoms with Crippen molar-refractivity contribution in [2.45, 2.75) is 5.92 Å². The zero-order valence-corrected chi connectivity index (χ0v) is 13.4. The SMILES string of the molecule is N#CC1=C(N)OC(/C=C/c2ccccc2)=C(C#N)[C@H]1c1ccccc1. The molecule has 0 saturated carbocycles. The molecule has 2 N–H and O–H groups in total. The lowest BCUT2D eigenvalue weighted by Crippen LogP contribution is -2.19. The van der Waals surface area contributed by atoms with Gasteiger partial charge in [0.05, 0.1) is 17.6 Å². The Kier molecular flexibility index (Phi) is 4.65. The van der Waals surface area contributed by atoms with Crippen molar-refractivity contribution in [1.29, 1.82) is 10.5 Å². The van der Waals surface area contributed by atoms with Crippen LogP contribution in [0.3, 0.4) is 0 Å². The Morgan fingerprint density at radius 3 is 2.04 bits per heavy atom. The molecule has 1 atom stereocenters. The molecule has 1 aliphatic heterocycles. The molecule has 0 unspecified atom stereocenters. The predicted molar refractivity (Wildman–Crippen MR) is 95.2 cm³/mol. The first-order valence-corrected chi connectivity index (χ1v) is 7.74. The van der Waals surface area contributed by atoms with Gasteiger partial charge in [-0.25, -0.2) is 0 Å². The molecule has 0 bridgehead atoms. The van der Waals surface area contributed by atoms with Gasteiger partial charge in [-0.05, 0) is 17.2 Å². The van der Waals surface area contributed by atoms with Crippen LogP contribution >= 0.6 is 0 Å². The Balaban J connectivity index is 2.08. The van der Waals surface area contributed by atoms with Crippen molar-refractivity contribution < 1.29 is 4.74 Å². The molecular formula is C21H15N3O. The van der Waals surface area contributed by atoms with Gasteiger partial charge in [-0.2, -0.15) is 10.5 Å². The lowest BCUT2D eigenvalue weighted by Gasteiger charge is -2.24. The van der Waals surface area contributed by atoms with E-state index in [1.165, 1.54) is 0 Å². The van der Waals surface area contributed by atoms with Gasteiger partial charge < -0.3 is 10.5 Å². The molecule has 1 heterocycles. The molecule has 1 aliphatic rings. The molecule has 0 aliphatic carbocycles. The smallest absolute Gasteiger partial charge is 0.205 e. The van der Waals surface area contributed by atoms with Crippen molar-refractivity contribution in [3.63, 3.8) is 0 Å². The fraction of sp³-hybridized carbons (Fsp3) is 0.0476.